The second-order valence-corrected chi connectivity index (χ2v) is 5.80. The molecule has 7 heteroatoms. The minimum absolute atomic E-state index is 0.0125. The highest BCUT2D eigenvalue weighted by Gasteiger charge is 2.43. The molecule has 1 aliphatic rings. The van der Waals surface area contributed by atoms with E-state index in [1.165, 1.54) is 0 Å². The molecule has 1 saturated carbocycles. The number of hydrogen-bond acceptors (Lipinski definition) is 2. The number of halogens is 4. The summed E-state index contributed by atoms with van der Waals surface area (Å²) in [6.07, 6.45) is -2.38. The van der Waals surface area contributed by atoms with Crippen molar-refractivity contribution >= 4 is 35.8 Å². The van der Waals surface area contributed by atoms with Gasteiger partial charge >= 0.3 is 6.18 Å². The molecule has 0 heterocycles. The molecule has 1 aromatic rings. The predicted octanol–water partition coefficient (Wildman–Crippen LogP) is 4.40. The fourth-order valence-electron chi connectivity index (χ4n) is 1.90. The summed E-state index contributed by atoms with van der Waals surface area (Å²) in [6, 6.07) is 2.86. The summed E-state index contributed by atoms with van der Waals surface area (Å²) in [5, 5.41) is 2.53. The molecule has 110 valence electrons. The summed E-state index contributed by atoms with van der Waals surface area (Å²) in [7, 11) is 0. The van der Waals surface area contributed by atoms with E-state index in [-0.39, 0.29) is 28.5 Å². The molecule has 1 amide bonds. The Labute approximate surface area is 125 Å². The number of nitrogens with one attached hydrogen (secondary N) is 1. The highest BCUT2D eigenvalue weighted by Crippen LogP contribution is 2.49. The summed E-state index contributed by atoms with van der Waals surface area (Å²) < 4.78 is 37.8. The first-order valence-corrected chi connectivity index (χ1v) is 7.04. The zero-order chi connectivity index (χ0) is 15.0. The largest absolute Gasteiger partial charge is 0.416 e. The Bertz CT molecular complexity index is 529. The van der Waals surface area contributed by atoms with Gasteiger partial charge in [0.05, 0.1) is 16.3 Å². The average molecular weight is 324 g/mol. The second kappa shape index (κ2) is 5.48. The molecule has 1 fully saturated rings. The molecule has 20 heavy (non-hydrogen) atoms. The van der Waals surface area contributed by atoms with Gasteiger partial charge in [0.15, 0.2) is 0 Å². The van der Waals surface area contributed by atoms with Crippen LogP contribution >= 0.6 is 24.2 Å². The molecule has 0 spiro atoms. The van der Waals surface area contributed by atoms with Crippen LogP contribution in [-0.2, 0) is 11.0 Å². The lowest BCUT2D eigenvalue weighted by atomic mass is 10.0. The number of carbonyl (C=O) groups excluding carboxylic acids is 1. The summed E-state index contributed by atoms with van der Waals surface area (Å²) in [4.78, 5) is 11.9. The van der Waals surface area contributed by atoms with Crippen LogP contribution in [0.5, 0.6) is 0 Å². The third-order valence-corrected chi connectivity index (χ3v) is 4.40. The molecule has 1 aliphatic carbocycles. The highest BCUT2D eigenvalue weighted by atomic mass is 35.5. The van der Waals surface area contributed by atoms with E-state index in [2.05, 4.69) is 17.9 Å². The molecule has 0 aromatic heterocycles. The molecular formula is C13H13ClF3NOS. The summed E-state index contributed by atoms with van der Waals surface area (Å²) in [5.74, 6) is 0.259. The molecular weight excluding hydrogens is 311 g/mol. The number of alkyl halides is 3. The van der Waals surface area contributed by atoms with E-state index >= 15 is 0 Å². The Morgan fingerprint density at radius 3 is 2.55 bits per heavy atom. The van der Waals surface area contributed by atoms with Crippen LogP contribution in [0, 0.1) is 5.41 Å². The maximum Gasteiger partial charge on any atom is 0.416 e. The predicted molar refractivity (Wildman–Crippen MR) is 75.2 cm³/mol. The molecule has 0 unspecified atom stereocenters. The standard InChI is InChI=1S/C13H13ClF3NOS/c14-9-2-1-8(13(15,16)17)5-10(9)18-11(19)6-12(7-20)3-4-12/h1-2,5,20H,3-4,6-7H2,(H,18,19). The first-order chi connectivity index (χ1) is 9.26. The van der Waals surface area contributed by atoms with Gasteiger partial charge in [0, 0.05) is 6.42 Å². The number of thiol groups is 1. The van der Waals surface area contributed by atoms with E-state index in [0.717, 1.165) is 31.0 Å². The Hall–Kier alpha value is -0.880. The Kier molecular flexibility index (Phi) is 4.25. The maximum atomic E-state index is 12.6. The molecule has 2 rings (SSSR count). The van der Waals surface area contributed by atoms with Gasteiger partial charge in [-0.25, -0.2) is 0 Å². The van der Waals surface area contributed by atoms with Crippen molar-refractivity contribution in [1.29, 1.82) is 0 Å². The van der Waals surface area contributed by atoms with Crippen molar-refractivity contribution in [2.24, 2.45) is 5.41 Å². The van der Waals surface area contributed by atoms with Crippen LogP contribution < -0.4 is 5.32 Å². The van der Waals surface area contributed by atoms with E-state index in [9.17, 15) is 18.0 Å². The van der Waals surface area contributed by atoms with Crippen LogP contribution in [0.1, 0.15) is 24.8 Å². The van der Waals surface area contributed by atoms with Crippen molar-refractivity contribution in [2.45, 2.75) is 25.4 Å². The first kappa shape index (κ1) is 15.5. The summed E-state index contributed by atoms with van der Waals surface area (Å²) in [5.41, 5.74) is -0.949. The summed E-state index contributed by atoms with van der Waals surface area (Å²) in [6.45, 7) is 0. The van der Waals surface area contributed by atoms with Gasteiger partial charge in [-0.1, -0.05) is 11.6 Å². The quantitative estimate of drug-likeness (QED) is 0.790. The van der Waals surface area contributed by atoms with Crippen molar-refractivity contribution < 1.29 is 18.0 Å². The van der Waals surface area contributed by atoms with Crippen molar-refractivity contribution in [3.63, 3.8) is 0 Å². The van der Waals surface area contributed by atoms with Gasteiger partial charge in [0.25, 0.3) is 0 Å². The number of benzene rings is 1. The minimum atomic E-state index is -4.47. The Morgan fingerprint density at radius 2 is 2.05 bits per heavy atom. The molecule has 0 bridgehead atoms. The van der Waals surface area contributed by atoms with Crippen molar-refractivity contribution in [1.82, 2.24) is 0 Å². The molecule has 1 N–H and O–H groups in total. The van der Waals surface area contributed by atoms with Gasteiger partial charge in [-0.3, -0.25) is 4.79 Å². The van der Waals surface area contributed by atoms with Crippen molar-refractivity contribution in [3.05, 3.63) is 28.8 Å². The van der Waals surface area contributed by atoms with Crippen molar-refractivity contribution in [2.75, 3.05) is 11.1 Å². The molecule has 0 saturated heterocycles. The van der Waals surface area contributed by atoms with E-state index in [1.807, 2.05) is 0 Å². The van der Waals surface area contributed by atoms with Crippen LogP contribution in [0.25, 0.3) is 0 Å². The van der Waals surface area contributed by atoms with E-state index in [0.29, 0.717) is 5.75 Å². The molecule has 0 aliphatic heterocycles. The van der Waals surface area contributed by atoms with Crippen LogP contribution in [-0.4, -0.2) is 11.7 Å². The topological polar surface area (TPSA) is 29.1 Å². The number of carbonyl (C=O) groups is 1. The number of anilines is 1. The number of amides is 1. The highest BCUT2D eigenvalue weighted by molar-refractivity contribution is 7.80. The van der Waals surface area contributed by atoms with Crippen LogP contribution in [0.15, 0.2) is 18.2 Å². The number of hydrogen-bond donors (Lipinski definition) is 2. The monoisotopic (exact) mass is 323 g/mol. The van der Waals surface area contributed by atoms with E-state index in [1.54, 1.807) is 0 Å². The molecule has 2 nitrogen and oxygen atoms in total. The van der Waals surface area contributed by atoms with Crippen molar-refractivity contribution in [3.8, 4) is 0 Å². The second-order valence-electron chi connectivity index (χ2n) is 5.08. The lowest BCUT2D eigenvalue weighted by molar-refractivity contribution is -0.137. The zero-order valence-corrected chi connectivity index (χ0v) is 12.1. The minimum Gasteiger partial charge on any atom is -0.325 e. The van der Waals surface area contributed by atoms with Gasteiger partial charge in [-0.05, 0) is 42.2 Å². The molecule has 1 aromatic carbocycles. The van der Waals surface area contributed by atoms with Gasteiger partial charge in [0.1, 0.15) is 0 Å². The van der Waals surface area contributed by atoms with Gasteiger partial charge < -0.3 is 5.32 Å². The average Bonchev–Trinajstić information content (AvgIpc) is 3.11. The van der Waals surface area contributed by atoms with Crippen LogP contribution in [0.4, 0.5) is 18.9 Å². The number of rotatable bonds is 4. The van der Waals surface area contributed by atoms with Gasteiger partial charge in [-0.15, -0.1) is 0 Å². The third-order valence-electron chi connectivity index (χ3n) is 3.40. The third kappa shape index (κ3) is 3.61. The molecule has 0 radical (unpaired) electrons. The molecule has 0 atom stereocenters. The fourth-order valence-corrected chi connectivity index (χ4v) is 2.49. The lowest BCUT2D eigenvalue weighted by Gasteiger charge is -2.14. The maximum absolute atomic E-state index is 12.6. The zero-order valence-electron chi connectivity index (χ0n) is 10.4. The first-order valence-electron chi connectivity index (χ1n) is 6.03. The smallest absolute Gasteiger partial charge is 0.325 e. The van der Waals surface area contributed by atoms with Gasteiger partial charge in [0.2, 0.25) is 5.91 Å². The van der Waals surface area contributed by atoms with Gasteiger partial charge in [-0.2, -0.15) is 25.8 Å². The van der Waals surface area contributed by atoms with E-state index < -0.39 is 11.7 Å². The SMILES string of the molecule is O=C(CC1(CS)CC1)Nc1cc(C(F)(F)F)ccc1Cl. The van der Waals surface area contributed by atoms with Crippen LogP contribution in [0.3, 0.4) is 0 Å². The normalized spacial score (nSPS) is 16.9. The fraction of sp³-hybridized carbons (Fsp3) is 0.462. The Balaban J connectivity index is 2.10. The lowest BCUT2D eigenvalue weighted by Crippen LogP contribution is -2.19. The Morgan fingerprint density at radius 1 is 1.40 bits per heavy atom. The van der Waals surface area contributed by atoms with Crippen LogP contribution in [0.2, 0.25) is 5.02 Å². The summed E-state index contributed by atoms with van der Waals surface area (Å²) >= 11 is 10.00. The van der Waals surface area contributed by atoms with E-state index in [4.69, 9.17) is 11.6 Å².